The molecule has 0 fully saturated rings. The molecule has 1 aromatic heterocycles. The molecule has 3 aromatic rings. The molecule has 6 heteroatoms. The van der Waals surface area contributed by atoms with Gasteiger partial charge in [0.2, 0.25) is 0 Å². The molecule has 0 unspecified atom stereocenters. The van der Waals surface area contributed by atoms with E-state index in [1.807, 2.05) is 74.4 Å². The van der Waals surface area contributed by atoms with Gasteiger partial charge in [-0.3, -0.25) is 0 Å². The van der Waals surface area contributed by atoms with Crippen molar-refractivity contribution in [3.05, 3.63) is 82.0 Å². The molecule has 2 aromatic carbocycles. The van der Waals surface area contributed by atoms with Crippen molar-refractivity contribution in [3.63, 3.8) is 0 Å². The highest BCUT2D eigenvalue weighted by molar-refractivity contribution is 9.10. The van der Waals surface area contributed by atoms with Crippen LogP contribution < -0.4 is 14.4 Å². The first-order valence-electron chi connectivity index (χ1n) is 8.78. The second kappa shape index (κ2) is 8.89. The number of halogens is 1. The highest BCUT2D eigenvalue weighted by atomic mass is 79.9. The number of hydrogen-bond donors (Lipinski definition) is 0. The lowest BCUT2D eigenvalue weighted by Gasteiger charge is -2.21. The third-order valence-corrected chi connectivity index (χ3v) is 4.90. The number of esters is 1. The van der Waals surface area contributed by atoms with Gasteiger partial charge < -0.3 is 14.4 Å². The van der Waals surface area contributed by atoms with Gasteiger partial charge in [0, 0.05) is 19.7 Å². The zero-order chi connectivity index (χ0) is 20.1. The van der Waals surface area contributed by atoms with E-state index in [2.05, 4.69) is 20.9 Å². The number of hydrogen-bond acceptors (Lipinski definition) is 5. The largest absolute Gasteiger partial charge is 0.484 e. The molecule has 0 saturated carbocycles. The van der Waals surface area contributed by atoms with Crippen molar-refractivity contribution in [3.8, 4) is 11.5 Å². The van der Waals surface area contributed by atoms with Crippen molar-refractivity contribution in [1.29, 1.82) is 0 Å². The van der Waals surface area contributed by atoms with Gasteiger partial charge in [-0.1, -0.05) is 48.5 Å². The maximum atomic E-state index is 13.0. The predicted molar refractivity (Wildman–Crippen MR) is 113 cm³/mol. The van der Waals surface area contributed by atoms with Crippen LogP contribution in [0.4, 0.5) is 5.82 Å². The Labute approximate surface area is 173 Å². The molecule has 0 spiro atoms. The molecule has 0 amide bonds. The Morgan fingerprint density at radius 1 is 1.04 bits per heavy atom. The lowest BCUT2D eigenvalue weighted by molar-refractivity contribution is 0.0728. The third-order valence-electron chi connectivity index (χ3n) is 4.13. The maximum Gasteiger partial charge on any atom is 0.347 e. The number of rotatable bonds is 6. The fourth-order valence-electron chi connectivity index (χ4n) is 2.67. The van der Waals surface area contributed by atoms with Crippen LogP contribution in [0.15, 0.2) is 65.3 Å². The van der Waals surface area contributed by atoms with E-state index in [1.54, 1.807) is 12.1 Å². The van der Waals surface area contributed by atoms with Crippen LogP contribution in [0.5, 0.6) is 11.5 Å². The summed E-state index contributed by atoms with van der Waals surface area (Å²) in [6, 6.07) is 18.7. The molecule has 28 heavy (non-hydrogen) atoms. The van der Waals surface area contributed by atoms with Crippen LogP contribution in [-0.2, 0) is 6.61 Å². The molecule has 0 saturated heterocycles. The van der Waals surface area contributed by atoms with Crippen LogP contribution >= 0.6 is 15.9 Å². The summed E-state index contributed by atoms with van der Waals surface area (Å²) in [4.78, 5) is 19.4. The van der Waals surface area contributed by atoms with Gasteiger partial charge in [-0.05, 0) is 40.5 Å². The second-order valence-electron chi connectivity index (χ2n) is 6.43. The molecule has 0 aliphatic carbocycles. The smallest absolute Gasteiger partial charge is 0.347 e. The average molecular weight is 441 g/mol. The molecule has 0 aliphatic rings. The molecule has 0 bridgehead atoms. The van der Waals surface area contributed by atoms with E-state index in [4.69, 9.17) is 9.47 Å². The monoisotopic (exact) mass is 440 g/mol. The van der Waals surface area contributed by atoms with E-state index in [0.29, 0.717) is 39.7 Å². The van der Waals surface area contributed by atoms with Gasteiger partial charge in [-0.2, -0.15) is 0 Å². The van der Waals surface area contributed by atoms with E-state index < -0.39 is 5.97 Å². The minimum Gasteiger partial charge on any atom is -0.484 e. The van der Waals surface area contributed by atoms with Crippen LogP contribution in [0.2, 0.25) is 0 Å². The molecular weight excluding hydrogens is 420 g/mol. The predicted octanol–water partition coefficient (Wildman–Crippen LogP) is 5.02. The summed E-state index contributed by atoms with van der Waals surface area (Å²) in [5.74, 6) is 0.933. The Hall–Kier alpha value is -2.86. The zero-order valence-electron chi connectivity index (χ0n) is 16.0. The van der Waals surface area contributed by atoms with E-state index in [0.717, 1.165) is 5.56 Å². The summed E-state index contributed by atoms with van der Waals surface area (Å²) in [7, 11) is 3.71. The van der Waals surface area contributed by atoms with Gasteiger partial charge in [0.1, 0.15) is 22.5 Å². The highest BCUT2D eigenvalue weighted by Gasteiger charge is 2.26. The van der Waals surface area contributed by atoms with E-state index >= 15 is 0 Å². The van der Waals surface area contributed by atoms with E-state index in [9.17, 15) is 4.79 Å². The minimum absolute atomic E-state index is 0.316. The maximum absolute atomic E-state index is 13.0. The van der Waals surface area contributed by atoms with Crippen LogP contribution in [0.25, 0.3) is 0 Å². The minimum atomic E-state index is -0.488. The molecule has 0 radical (unpaired) electrons. The summed E-state index contributed by atoms with van der Waals surface area (Å²) < 4.78 is 12.2. The Bertz CT molecular complexity index is 961. The second-order valence-corrected chi connectivity index (χ2v) is 7.18. The number of nitrogens with zero attached hydrogens (tertiary/aromatic N) is 2. The van der Waals surface area contributed by atoms with Crippen LogP contribution in [-0.4, -0.2) is 25.0 Å². The van der Waals surface area contributed by atoms with Gasteiger partial charge in [0.05, 0.1) is 0 Å². The summed E-state index contributed by atoms with van der Waals surface area (Å²) in [5.41, 5.74) is 2.01. The van der Waals surface area contributed by atoms with Crippen LogP contribution in [0.3, 0.4) is 0 Å². The number of para-hydroxylation sites is 1. The van der Waals surface area contributed by atoms with Crippen molar-refractivity contribution in [2.75, 3.05) is 19.0 Å². The topological polar surface area (TPSA) is 51.7 Å². The van der Waals surface area contributed by atoms with Crippen LogP contribution in [0, 0.1) is 6.92 Å². The molecule has 144 valence electrons. The molecule has 0 atom stereocenters. The van der Waals surface area contributed by atoms with Gasteiger partial charge in [0.25, 0.3) is 0 Å². The average Bonchev–Trinajstić information content (AvgIpc) is 2.69. The van der Waals surface area contributed by atoms with Crippen molar-refractivity contribution in [2.45, 2.75) is 13.5 Å². The quantitative estimate of drug-likeness (QED) is 0.306. The summed E-state index contributed by atoms with van der Waals surface area (Å²) in [6.07, 6.45) is 0. The molecule has 0 aliphatic heterocycles. The fraction of sp³-hybridized carbons (Fsp3) is 0.182. The van der Waals surface area contributed by atoms with Gasteiger partial charge in [-0.15, -0.1) is 0 Å². The number of benzene rings is 2. The Morgan fingerprint density at radius 3 is 2.25 bits per heavy atom. The number of aromatic nitrogens is 1. The first kappa shape index (κ1) is 19.9. The first-order valence-corrected chi connectivity index (χ1v) is 9.58. The summed E-state index contributed by atoms with van der Waals surface area (Å²) in [6.45, 7) is 2.13. The lowest BCUT2D eigenvalue weighted by Crippen LogP contribution is -2.19. The number of carbonyl (C=O) groups excluding carboxylic acids is 1. The Kier molecular flexibility index (Phi) is 6.31. The number of ether oxygens (including phenoxy) is 2. The fourth-order valence-corrected chi connectivity index (χ4v) is 3.04. The molecule has 3 rings (SSSR count). The lowest BCUT2D eigenvalue weighted by atomic mass is 10.1. The van der Waals surface area contributed by atoms with Crippen molar-refractivity contribution >= 4 is 27.7 Å². The summed E-state index contributed by atoms with van der Waals surface area (Å²) >= 11 is 3.45. The van der Waals surface area contributed by atoms with E-state index in [1.165, 1.54) is 0 Å². The van der Waals surface area contributed by atoms with Gasteiger partial charge in [-0.25, -0.2) is 9.78 Å². The summed E-state index contributed by atoms with van der Waals surface area (Å²) in [5, 5.41) is 0. The van der Waals surface area contributed by atoms with Crippen molar-refractivity contribution in [1.82, 2.24) is 4.98 Å². The van der Waals surface area contributed by atoms with Crippen molar-refractivity contribution < 1.29 is 14.3 Å². The molecule has 1 heterocycles. The normalized spacial score (nSPS) is 10.4. The van der Waals surface area contributed by atoms with Gasteiger partial charge >= 0.3 is 5.97 Å². The van der Waals surface area contributed by atoms with Gasteiger partial charge in [0.15, 0.2) is 11.6 Å². The zero-order valence-corrected chi connectivity index (χ0v) is 17.6. The molecular formula is C22H21BrN2O3. The molecule has 0 N–H and O–H groups in total. The molecule has 5 nitrogen and oxygen atoms in total. The first-order chi connectivity index (χ1) is 13.5. The Balaban J connectivity index is 2.01. The number of pyridine rings is 1. The third kappa shape index (κ3) is 4.51. The standard InChI is InChI=1S/C22H21BrN2O3/c1-15-18(22(26)28-17-12-8-5-9-13-17)19(21(25(2)3)24-20(15)23)27-14-16-10-6-4-7-11-16/h4-13H,14H2,1-3H3. The Morgan fingerprint density at radius 2 is 1.64 bits per heavy atom. The number of carbonyl (C=O) groups is 1. The number of anilines is 1. The van der Waals surface area contributed by atoms with E-state index in [-0.39, 0.29) is 0 Å². The highest BCUT2D eigenvalue weighted by Crippen LogP contribution is 2.36. The van der Waals surface area contributed by atoms with Crippen LogP contribution in [0.1, 0.15) is 21.5 Å². The van der Waals surface area contributed by atoms with Crippen molar-refractivity contribution in [2.24, 2.45) is 0 Å². The SMILES string of the molecule is Cc1c(Br)nc(N(C)C)c(OCc2ccccc2)c1C(=O)Oc1ccccc1.